The van der Waals surface area contributed by atoms with Gasteiger partial charge in [0.25, 0.3) is 0 Å². The van der Waals surface area contributed by atoms with E-state index in [1.54, 1.807) is 13.8 Å². The van der Waals surface area contributed by atoms with Crippen molar-refractivity contribution >= 4 is 6.09 Å². The third-order valence-corrected chi connectivity index (χ3v) is 2.57. The van der Waals surface area contributed by atoms with Crippen LogP contribution in [0.15, 0.2) is 0 Å². The molecule has 4 heteroatoms. The Morgan fingerprint density at radius 1 is 1.50 bits per heavy atom. The molecule has 0 heterocycles. The molecule has 0 radical (unpaired) electrons. The SMILES string of the molecule is CC(C)OC(=O)NC1(CO)CCCC1. The number of nitrogens with one attached hydrogen (secondary N) is 1. The number of aliphatic hydroxyl groups excluding tert-OH is 1. The molecule has 1 aliphatic rings. The van der Waals surface area contributed by atoms with E-state index in [9.17, 15) is 9.90 Å². The van der Waals surface area contributed by atoms with Gasteiger partial charge in [-0.25, -0.2) is 4.79 Å². The van der Waals surface area contributed by atoms with Crippen molar-refractivity contribution < 1.29 is 14.6 Å². The van der Waals surface area contributed by atoms with Crippen molar-refractivity contribution in [3.05, 3.63) is 0 Å². The van der Waals surface area contributed by atoms with Gasteiger partial charge in [0, 0.05) is 0 Å². The fourth-order valence-electron chi connectivity index (χ4n) is 1.83. The van der Waals surface area contributed by atoms with Gasteiger partial charge in [-0.05, 0) is 26.7 Å². The lowest BCUT2D eigenvalue weighted by atomic mass is 9.99. The summed E-state index contributed by atoms with van der Waals surface area (Å²) in [5.74, 6) is 0. The first-order chi connectivity index (χ1) is 6.58. The average Bonchev–Trinajstić information content (AvgIpc) is 2.52. The molecule has 1 rings (SSSR count). The number of alkyl carbamates (subject to hydrolysis) is 1. The number of hydrogen-bond donors (Lipinski definition) is 2. The number of ether oxygens (including phenoxy) is 1. The molecule has 0 unspecified atom stereocenters. The highest BCUT2D eigenvalue weighted by Gasteiger charge is 2.35. The Morgan fingerprint density at radius 3 is 2.50 bits per heavy atom. The van der Waals surface area contributed by atoms with Crippen molar-refractivity contribution in [1.29, 1.82) is 0 Å². The number of rotatable bonds is 3. The highest BCUT2D eigenvalue weighted by molar-refractivity contribution is 5.68. The van der Waals surface area contributed by atoms with Gasteiger partial charge >= 0.3 is 6.09 Å². The first kappa shape index (κ1) is 11.3. The van der Waals surface area contributed by atoms with Crippen LogP contribution in [-0.2, 0) is 4.74 Å². The second kappa shape index (κ2) is 4.64. The van der Waals surface area contributed by atoms with Crippen LogP contribution in [0, 0.1) is 0 Å². The van der Waals surface area contributed by atoms with E-state index in [1.807, 2.05) is 0 Å². The number of hydrogen-bond acceptors (Lipinski definition) is 3. The van der Waals surface area contributed by atoms with Gasteiger partial charge in [0.1, 0.15) is 0 Å². The molecular formula is C10H19NO3. The van der Waals surface area contributed by atoms with Crippen LogP contribution in [0.25, 0.3) is 0 Å². The van der Waals surface area contributed by atoms with Crippen molar-refractivity contribution in [2.45, 2.75) is 51.2 Å². The van der Waals surface area contributed by atoms with Crippen LogP contribution in [-0.4, -0.2) is 29.4 Å². The highest BCUT2D eigenvalue weighted by atomic mass is 16.6. The van der Waals surface area contributed by atoms with Crippen LogP contribution in [0.2, 0.25) is 0 Å². The van der Waals surface area contributed by atoms with Crippen molar-refractivity contribution in [3.63, 3.8) is 0 Å². The maximum Gasteiger partial charge on any atom is 0.407 e. The first-order valence-electron chi connectivity index (χ1n) is 5.18. The molecule has 2 N–H and O–H groups in total. The van der Waals surface area contributed by atoms with E-state index in [1.165, 1.54) is 0 Å². The zero-order valence-corrected chi connectivity index (χ0v) is 8.88. The summed E-state index contributed by atoms with van der Waals surface area (Å²) in [6.07, 6.45) is 3.27. The van der Waals surface area contributed by atoms with Gasteiger partial charge in [-0.15, -0.1) is 0 Å². The minimum absolute atomic E-state index is 0.000194. The fourth-order valence-corrected chi connectivity index (χ4v) is 1.83. The lowest BCUT2D eigenvalue weighted by Crippen LogP contribution is -2.49. The first-order valence-corrected chi connectivity index (χ1v) is 5.18. The van der Waals surface area contributed by atoms with Gasteiger partial charge in [-0.3, -0.25) is 0 Å². The molecule has 0 spiro atoms. The topological polar surface area (TPSA) is 58.6 Å². The molecule has 0 saturated heterocycles. The molecule has 1 aliphatic carbocycles. The fraction of sp³-hybridized carbons (Fsp3) is 0.900. The van der Waals surface area contributed by atoms with Gasteiger partial charge in [-0.2, -0.15) is 0 Å². The second-order valence-electron chi connectivity index (χ2n) is 4.22. The third-order valence-electron chi connectivity index (χ3n) is 2.57. The summed E-state index contributed by atoms with van der Waals surface area (Å²) in [6.45, 7) is 3.61. The molecule has 1 saturated carbocycles. The Morgan fingerprint density at radius 2 is 2.07 bits per heavy atom. The van der Waals surface area contributed by atoms with Crippen LogP contribution in [0.5, 0.6) is 0 Å². The van der Waals surface area contributed by atoms with E-state index in [4.69, 9.17) is 4.74 Å². The Bertz CT molecular complexity index is 198. The number of carbonyl (C=O) groups is 1. The lowest BCUT2D eigenvalue weighted by molar-refractivity contribution is 0.0909. The highest BCUT2D eigenvalue weighted by Crippen LogP contribution is 2.29. The van der Waals surface area contributed by atoms with Gasteiger partial charge < -0.3 is 15.2 Å². The smallest absolute Gasteiger partial charge is 0.407 e. The minimum atomic E-state index is -0.425. The van der Waals surface area contributed by atoms with E-state index in [0.29, 0.717) is 0 Å². The normalized spacial score (nSPS) is 19.7. The summed E-state index contributed by atoms with van der Waals surface area (Å²) in [5, 5.41) is 12.0. The van der Waals surface area contributed by atoms with Crippen LogP contribution in [0.1, 0.15) is 39.5 Å². The van der Waals surface area contributed by atoms with E-state index in [0.717, 1.165) is 25.7 Å². The van der Waals surface area contributed by atoms with Crippen molar-refractivity contribution in [3.8, 4) is 0 Å². The monoisotopic (exact) mass is 201 g/mol. The maximum absolute atomic E-state index is 11.3. The molecule has 0 bridgehead atoms. The summed E-state index contributed by atoms with van der Waals surface area (Å²) in [7, 11) is 0. The lowest BCUT2D eigenvalue weighted by Gasteiger charge is -2.27. The van der Waals surface area contributed by atoms with Crippen LogP contribution >= 0.6 is 0 Å². The molecule has 0 atom stereocenters. The Labute approximate surface area is 84.6 Å². The third kappa shape index (κ3) is 2.87. The zero-order chi connectivity index (χ0) is 10.6. The molecular weight excluding hydrogens is 182 g/mol. The molecule has 0 aromatic carbocycles. The van der Waals surface area contributed by atoms with Crippen LogP contribution in [0.4, 0.5) is 4.79 Å². The minimum Gasteiger partial charge on any atom is -0.447 e. The maximum atomic E-state index is 11.3. The average molecular weight is 201 g/mol. The molecule has 82 valence electrons. The largest absolute Gasteiger partial charge is 0.447 e. The van der Waals surface area contributed by atoms with Crippen molar-refractivity contribution in [2.24, 2.45) is 0 Å². The molecule has 4 nitrogen and oxygen atoms in total. The predicted octanol–water partition coefficient (Wildman–Crippen LogP) is 1.43. The summed E-state index contributed by atoms with van der Waals surface area (Å²) < 4.78 is 4.98. The Kier molecular flexibility index (Phi) is 3.75. The Balaban J connectivity index is 2.44. The molecule has 1 amide bonds. The van der Waals surface area contributed by atoms with E-state index in [-0.39, 0.29) is 12.7 Å². The van der Waals surface area contributed by atoms with Gasteiger partial charge in [0.2, 0.25) is 0 Å². The summed E-state index contributed by atoms with van der Waals surface area (Å²) in [6, 6.07) is 0. The quantitative estimate of drug-likeness (QED) is 0.726. The number of carbonyl (C=O) groups excluding carboxylic acids is 1. The van der Waals surface area contributed by atoms with Gasteiger partial charge in [0.15, 0.2) is 0 Å². The van der Waals surface area contributed by atoms with E-state index >= 15 is 0 Å². The Hall–Kier alpha value is -0.770. The number of aliphatic hydroxyl groups is 1. The van der Waals surface area contributed by atoms with Gasteiger partial charge in [-0.1, -0.05) is 12.8 Å². The number of amides is 1. The summed E-state index contributed by atoms with van der Waals surface area (Å²) in [4.78, 5) is 11.3. The molecule has 0 aromatic heterocycles. The van der Waals surface area contributed by atoms with Crippen molar-refractivity contribution in [2.75, 3.05) is 6.61 Å². The zero-order valence-electron chi connectivity index (χ0n) is 8.88. The molecule has 1 fully saturated rings. The summed E-state index contributed by atoms with van der Waals surface area (Å²) in [5.41, 5.74) is -0.425. The van der Waals surface area contributed by atoms with Gasteiger partial charge in [0.05, 0.1) is 18.2 Å². The standard InChI is InChI=1S/C10H19NO3/c1-8(2)14-9(13)11-10(7-12)5-3-4-6-10/h8,12H,3-7H2,1-2H3,(H,11,13). The summed E-state index contributed by atoms with van der Waals surface area (Å²) >= 11 is 0. The van der Waals surface area contributed by atoms with Crippen LogP contribution < -0.4 is 5.32 Å². The predicted molar refractivity (Wildman–Crippen MR) is 53.0 cm³/mol. The van der Waals surface area contributed by atoms with E-state index < -0.39 is 11.6 Å². The van der Waals surface area contributed by atoms with Crippen LogP contribution in [0.3, 0.4) is 0 Å². The molecule has 0 aromatic rings. The van der Waals surface area contributed by atoms with E-state index in [2.05, 4.69) is 5.32 Å². The van der Waals surface area contributed by atoms with Crippen molar-refractivity contribution in [1.82, 2.24) is 5.32 Å². The second-order valence-corrected chi connectivity index (χ2v) is 4.22. The molecule has 0 aliphatic heterocycles. The molecule has 14 heavy (non-hydrogen) atoms.